The van der Waals surface area contributed by atoms with Crippen LogP contribution in [-0.4, -0.2) is 36.2 Å². The van der Waals surface area contributed by atoms with Gasteiger partial charge in [-0.05, 0) is 33.4 Å². The van der Waals surface area contributed by atoms with Crippen molar-refractivity contribution in [2.24, 2.45) is 0 Å². The van der Waals surface area contributed by atoms with E-state index in [1.54, 1.807) is 7.11 Å². The summed E-state index contributed by atoms with van der Waals surface area (Å²) in [4.78, 5) is 13.1. The quantitative estimate of drug-likeness (QED) is 0.859. The molecule has 19 heavy (non-hydrogen) atoms. The summed E-state index contributed by atoms with van der Waals surface area (Å²) < 4.78 is 5.37. The van der Waals surface area contributed by atoms with Gasteiger partial charge in [-0.1, -0.05) is 24.6 Å². The molecule has 2 atom stereocenters. The number of aliphatic carboxylic acids is 1. The average Bonchev–Trinajstić information content (AvgIpc) is 2.38. The maximum Gasteiger partial charge on any atom is 0.320 e. The minimum absolute atomic E-state index is 0.0177. The van der Waals surface area contributed by atoms with Crippen molar-refractivity contribution in [3.63, 3.8) is 0 Å². The molecular weight excluding hydrogens is 242 g/mol. The molecule has 0 aliphatic rings. The van der Waals surface area contributed by atoms with Crippen LogP contribution in [-0.2, 0) is 4.79 Å². The van der Waals surface area contributed by atoms with Crippen LogP contribution in [0.4, 0.5) is 0 Å². The molecule has 106 valence electrons. The predicted molar refractivity (Wildman–Crippen MR) is 75.6 cm³/mol. The third kappa shape index (κ3) is 3.47. The molecule has 1 aromatic rings. The molecule has 0 saturated carbocycles. The average molecular weight is 265 g/mol. The molecule has 0 saturated heterocycles. The number of methoxy groups -OCH3 is 1. The van der Waals surface area contributed by atoms with Gasteiger partial charge >= 0.3 is 5.97 Å². The molecule has 0 radical (unpaired) electrons. The highest BCUT2D eigenvalue weighted by molar-refractivity contribution is 5.73. The van der Waals surface area contributed by atoms with E-state index in [-0.39, 0.29) is 6.04 Å². The number of hydrogen-bond donors (Lipinski definition) is 1. The molecule has 2 unspecified atom stereocenters. The molecule has 0 aromatic heterocycles. The Morgan fingerprint density at radius 3 is 2.58 bits per heavy atom. The van der Waals surface area contributed by atoms with E-state index in [2.05, 4.69) is 6.07 Å². The molecule has 0 aliphatic carbocycles. The fourth-order valence-corrected chi connectivity index (χ4v) is 2.31. The molecule has 1 rings (SSSR count). The summed E-state index contributed by atoms with van der Waals surface area (Å²) in [7, 11) is 3.48. The number of benzene rings is 1. The molecule has 0 bridgehead atoms. The summed E-state index contributed by atoms with van der Waals surface area (Å²) in [6.07, 6.45) is 0.574. The van der Waals surface area contributed by atoms with Crippen LogP contribution in [0.2, 0.25) is 0 Å². The van der Waals surface area contributed by atoms with Gasteiger partial charge in [0.2, 0.25) is 0 Å². The Morgan fingerprint density at radius 2 is 2.11 bits per heavy atom. The van der Waals surface area contributed by atoms with E-state index in [1.165, 1.54) is 0 Å². The molecule has 4 nitrogen and oxygen atoms in total. The lowest BCUT2D eigenvalue weighted by Gasteiger charge is -2.31. The minimum Gasteiger partial charge on any atom is -0.496 e. The van der Waals surface area contributed by atoms with Crippen LogP contribution in [0.25, 0.3) is 0 Å². The van der Waals surface area contributed by atoms with Gasteiger partial charge in [0.15, 0.2) is 0 Å². The number of carbonyl (C=O) groups is 1. The fraction of sp³-hybridized carbons (Fsp3) is 0.533. The van der Waals surface area contributed by atoms with Crippen molar-refractivity contribution < 1.29 is 14.6 Å². The number of rotatable bonds is 6. The standard InChI is InChI=1S/C15H23NO3/c1-6-13(15(17)18)16(4)11(3)12-9-10(2)7-8-14(12)19-5/h7-9,11,13H,6H2,1-5H3,(H,17,18). The first-order valence-electron chi connectivity index (χ1n) is 6.51. The zero-order valence-corrected chi connectivity index (χ0v) is 12.3. The zero-order chi connectivity index (χ0) is 14.6. The van der Waals surface area contributed by atoms with Gasteiger partial charge in [0.1, 0.15) is 11.8 Å². The van der Waals surface area contributed by atoms with Crippen molar-refractivity contribution >= 4 is 5.97 Å². The molecule has 4 heteroatoms. The summed E-state index contributed by atoms with van der Waals surface area (Å²) in [5, 5.41) is 9.25. The monoisotopic (exact) mass is 265 g/mol. The van der Waals surface area contributed by atoms with Crippen molar-refractivity contribution in [1.29, 1.82) is 0 Å². The number of carboxylic acids is 1. The number of likely N-dealkylation sites (N-methyl/N-ethyl adjacent to an activating group) is 1. The fourth-order valence-electron chi connectivity index (χ4n) is 2.31. The Kier molecular flexibility index (Phi) is 5.36. The number of aryl methyl sites for hydroxylation is 1. The van der Waals surface area contributed by atoms with Gasteiger partial charge in [0.25, 0.3) is 0 Å². The second-order valence-corrected chi connectivity index (χ2v) is 4.85. The summed E-state index contributed by atoms with van der Waals surface area (Å²) in [6, 6.07) is 5.46. The Balaban J connectivity index is 3.08. The van der Waals surface area contributed by atoms with Crippen LogP contribution < -0.4 is 4.74 Å². The molecule has 0 amide bonds. The molecule has 0 fully saturated rings. The highest BCUT2D eigenvalue weighted by Gasteiger charge is 2.26. The van der Waals surface area contributed by atoms with Gasteiger partial charge < -0.3 is 9.84 Å². The lowest BCUT2D eigenvalue weighted by Crippen LogP contribution is -2.39. The van der Waals surface area contributed by atoms with Crippen molar-refractivity contribution in [3.05, 3.63) is 29.3 Å². The van der Waals surface area contributed by atoms with Crippen LogP contribution in [0, 0.1) is 6.92 Å². The molecule has 0 aliphatic heterocycles. The van der Waals surface area contributed by atoms with Crippen LogP contribution in [0.3, 0.4) is 0 Å². The highest BCUT2D eigenvalue weighted by atomic mass is 16.5. The number of carboxylic acid groups (broad SMARTS) is 1. The van der Waals surface area contributed by atoms with Crippen LogP contribution in [0.1, 0.15) is 37.4 Å². The van der Waals surface area contributed by atoms with Crippen molar-refractivity contribution in [2.75, 3.05) is 14.2 Å². The molecule has 1 aromatic carbocycles. The van der Waals surface area contributed by atoms with Gasteiger partial charge in [-0.2, -0.15) is 0 Å². The summed E-state index contributed by atoms with van der Waals surface area (Å²) in [5.74, 6) is 0.00802. The Morgan fingerprint density at radius 1 is 1.47 bits per heavy atom. The normalized spacial score (nSPS) is 14.2. The largest absolute Gasteiger partial charge is 0.496 e. The first-order valence-corrected chi connectivity index (χ1v) is 6.51. The second-order valence-electron chi connectivity index (χ2n) is 4.85. The van der Waals surface area contributed by atoms with E-state index in [4.69, 9.17) is 4.74 Å². The zero-order valence-electron chi connectivity index (χ0n) is 12.3. The Labute approximate surface area is 115 Å². The van der Waals surface area contributed by atoms with E-state index >= 15 is 0 Å². The number of ether oxygens (including phenoxy) is 1. The van der Waals surface area contributed by atoms with Crippen LogP contribution in [0.15, 0.2) is 18.2 Å². The lowest BCUT2D eigenvalue weighted by atomic mass is 10.0. The SMILES string of the molecule is CCC(C(=O)O)N(C)C(C)c1cc(C)ccc1OC. The van der Waals surface area contributed by atoms with Gasteiger partial charge in [-0.3, -0.25) is 9.69 Å². The Bertz CT molecular complexity index is 445. The Hall–Kier alpha value is -1.55. The van der Waals surface area contributed by atoms with Crippen LogP contribution in [0.5, 0.6) is 5.75 Å². The van der Waals surface area contributed by atoms with Crippen molar-refractivity contribution in [3.8, 4) is 5.75 Å². The van der Waals surface area contributed by atoms with Gasteiger partial charge in [-0.25, -0.2) is 0 Å². The molecule has 1 N–H and O–H groups in total. The van der Waals surface area contributed by atoms with Gasteiger partial charge in [0.05, 0.1) is 7.11 Å². The predicted octanol–water partition coefficient (Wildman–Crippen LogP) is 2.86. The van der Waals surface area contributed by atoms with E-state index in [9.17, 15) is 9.90 Å². The molecule has 0 spiro atoms. The minimum atomic E-state index is -0.788. The maximum absolute atomic E-state index is 11.3. The molecule has 0 heterocycles. The summed E-state index contributed by atoms with van der Waals surface area (Å²) >= 11 is 0. The highest BCUT2D eigenvalue weighted by Crippen LogP contribution is 2.30. The third-order valence-electron chi connectivity index (χ3n) is 3.61. The van der Waals surface area contributed by atoms with Crippen molar-refractivity contribution in [2.45, 2.75) is 39.3 Å². The third-order valence-corrected chi connectivity index (χ3v) is 3.61. The second kappa shape index (κ2) is 6.57. The van der Waals surface area contributed by atoms with E-state index in [0.29, 0.717) is 6.42 Å². The summed E-state index contributed by atoms with van der Waals surface area (Å²) in [5.41, 5.74) is 2.16. The lowest BCUT2D eigenvalue weighted by molar-refractivity contribution is -0.143. The van der Waals surface area contributed by atoms with E-state index in [0.717, 1.165) is 16.9 Å². The number of hydrogen-bond acceptors (Lipinski definition) is 3. The maximum atomic E-state index is 11.3. The smallest absolute Gasteiger partial charge is 0.320 e. The van der Waals surface area contributed by atoms with Crippen molar-refractivity contribution in [1.82, 2.24) is 4.90 Å². The van der Waals surface area contributed by atoms with E-state index < -0.39 is 12.0 Å². The van der Waals surface area contributed by atoms with Gasteiger partial charge in [-0.15, -0.1) is 0 Å². The summed E-state index contributed by atoms with van der Waals surface area (Å²) in [6.45, 7) is 5.91. The first-order chi connectivity index (χ1) is 8.92. The number of nitrogens with zero attached hydrogens (tertiary/aromatic N) is 1. The van der Waals surface area contributed by atoms with Gasteiger partial charge in [0, 0.05) is 11.6 Å². The first kappa shape index (κ1) is 15.5. The van der Waals surface area contributed by atoms with Crippen LogP contribution >= 0.6 is 0 Å². The topological polar surface area (TPSA) is 49.8 Å². The molecular formula is C15H23NO3. The van der Waals surface area contributed by atoms with E-state index in [1.807, 2.05) is 44.9 Å².